The molecule has 0 saturated carbocycles. The second-order valence-electron chi connectivity index (χ2n) is 4.31. The van der Waals surface area contributed by atoms with Gasteiger partial charge in [-0.3, -0.25) is 4.90 Å². The first-order chi connectivity index (χ1) is 7.83. The van der Waals surface area contributed by atoms with Crippen molar-refractivity contribution in [2.24, 2.45) is 5.92 Å². The molecule has 2 rings (SSSR count). The van der Waals surface area contributed by atoms with E-state index in [0.717, 1.165) is 19.5 Å². The molecule has 0 amide bonds. The first kappa shape index (κ1) is 11.1. The Kier molecular flexibility index (Phi) is 3.55. The Morgan fingerprint density at radius 3 is 2.75 bits per heavy atom. The largest absolute Gasteiger partial charge is 0.395 e. The lowest BCUT2D eigenvalue weighted by Gasteiger charge is -2.22. The van der Waals surface area contributed by atoms with E-state index in [2.05, 4.69) is 23.1 Å². The SMILES string of the molecule is N#CC1CC(CO)N(Cc2ccccc2)C1. The summed E-state index contributed by atoms with van der Waals surface area (Å²) in [6.45, 7) is 1.74. The molecule has 2 atom stereocenters. The fraction of sp³-hybridized carbons (Fsp3) is 0.462. The molecule has 0 aliphatic carbocycles. The van der Waals surface area contributed by atoms with Gasteiger partial charge in [-0.1, -0.05) is 30.3 Å². The third-order valence-electron chi connectivity index (χ3n) is 3.15. The molecule has 1 aromatic rings. The zero-order valence-electron chi connectivity index (χ0n) is 9.21. The minimum atomic E-state index is 0.0702. The van der Waals surface area contributed by atoms with Crippen LogP contribution in [0.4, 0.5) is 0 Å². The molecule has 0 radical (unpaired) electrons. The van der Waals surface area contributed by atoms with Gasteiger partial charge in [0.2, 0.25) is 0 Å². The van der Waals surface area contributed by atoms with E-state index in [1.54, 1.807) is 0 Å². The van der Waals surface area contributed by atoms with Crippen molar-refractivity contribution in [1.29, 1.82) is 5.26 Å². The minimum absolute atomic E-state index is 0.0702. The molecule has 1 N–H and O–H groups in total. The summed E-state index contributed by atoms with van der Waals surface area (Å²) < 4.78 is 0. The van der Waals surface area contributed by atoms with Crippen molar-refractivity contribution in [2.75, 3.05) is 13.2 Å². The molecule has 1 aliphatic heterocycles. The van der Waals surface area contributed by atoms with E-state index in [1.807, 2.05) is 18.2 Å². The number of aliphatic hydroxyl groups excluding tert-OH is 1. The topological polar surface area (TPSA) is 47.3 Å². The van der Waals surface area contributed by atoms with E-state index in [-0.39, 0.29) is 18.6 Å². The Hall–Kier alpha value is -1.37. The van der Waals surface area contributed by atoms with Gasteiger partial charge in [0.05, 0.1) is 18.6 Å². The lowest BCUT2D eigenvalue weighted by molar-refractivity contribution is 0.153. The second kappa shape index (κ2) is 5.11. The van der Waals surface area contributed by atoms with E-state index < -0.39 is 0 Å². The lowest BCUT2D eigenvalue weighted by Crippen LogP contribution is -2.31. The number of aliphatic hydroxyl groups is 1. The molecule has 2 unspecified atom stereocenters. The zero-order chi connectivity index (χ0) is 11.4. The average molecular weight is 216 g/mol. The maximum absolute atomic E-state index is 9.28. The number of nitriles is 1. The van der Waals surface area contributed by atoms with Gasteiger partial charge in [0.1, 0.15) is 0 Å². The number of nitrogens with zero attached hydrogens (tertiary/aromatic N) is 2. The van der Waals surface area contributed by atoms with Crippen LogP contribution >= 0.6 is 0 Å². The first-order valence-corrected chi connectivity index (χ1v) is 5.62. The number of hydrogen-bond donors (Lipinski definition) is 1. The van der Waals surface area contributed by atoms with E-state index in [0.29, 0.717) is 0 Å². The van der Waals surface area contributed by atoms with E-state index in [1.165, 1.54) is 5.56 Å². The van der Waals surface area contributed by atoms with Crippen LogP contribution in [-0.2, 0) is 6.54 Å². The summed E-state index contributed by atoms with van der Waals surface area (Å²) in [6.07, 6.45) is 0.792. The van der Waals surface area contributed by atoms with Crippen LogP contribution in [0, 0.1) is 17.2 Å². The maximum atomic E-state index is 9.28. The molecule has 1 heterocycles. The van der Waals surface area contributed by atoms with Gasteiger partial charge in [0.15, 0.2) is 0 Å². The van der Waals surface area contributed by atoms with Gasteiger partial charge >= 0.3 is 0 Å². The molecule has 1 fully saturated rings. The van der Waals surface area contributed by atoms with Crippen molar-refractivity contribution < 1.29 is 5.11 Å². The highest BCUT2D eigenvalue weighted by molar-refractivity contribution is 5.15. The molecular formula is C13H16N2O. The van der Waals surface area contributed by atoms with Crippen molar-refractivity contribution in [1.82, 2.24) is 4.90 Å². The molecule has 1 aliphatic rings. The molecule has 0 bridgehead atoms. The van der Waals surface area contributed by atoms with Crippen molar-refractivity contribution in [2.45, 2.75) is 19.0 Å². The number of rotatable bonds is 3. The van der Waals surface area contributed by atoms with Crippen LogP contribution in [0.3, 0.4) is 0 Å². The van der Waals surface area contributed by atoms with Crippen molar-refractivity contribution in [3.63, 3.8) is 0 Å². The number of benzene rings is 1. The summed E-state index contributed by atoms with van der Waals surface area (Å²) in [7, 11) is 0. The second-order valence-corrected chi connectivity index (χ2v) is 4.31. The summed E-state index contributed by atoms with van der Waals surface area (Å²) in [5, 5.41) is 18.2. The Balaban J connectivity index is 2.02. The summed E-state index contributed by atoms with van der Waals surface area (Å²) >= 11 is 0. The van der Waals surface area contributed by atoms with Crippen LogP contribution in [0.2, 0.25) is 0 Å². The number of likely N-dealkylation sites (tertiary alicyclic amines) is 1. The Labute approximate surface area is 95.9 Å². The van der Waals surface area contributed by atoms with Crippen molar-refractivity contribution in [3.8, 4) is 6.07 Å². The van der Waals surface area contributed by atoms with Crippen LogP contribution in [0.15, 0.2) is 30.3 Å². The predicted octanol–water partition coefficient (Wildman–Crippen LogP) is 1.39. The van der Waals surface area contributed by atoms with E-state index in [9.17, 15) is 5.11 Å². The smallest absolute Gasteiger partial charge is 0.0669 e. The summed E-state index contributed by atoms with van der Waals surface area (Å²) in [6, 6.07) is 12.6. The van der Waals surface area contributed by atoms with E-state index >= 15 is 0 Å². The van der Waals surface area contributed by atoms with E-state index in [4.69, 9.17) is 5.26 Å². The van der Waals surface area contributed by atoms with Crippen molar-refractivity contribution >= 4 is 0 Å². The molecular weight excluding hydrogens is 200 g/mol. The fourth-order valence-corrected chi connectivity index (χ4v) is 2.28. The predicted molar refractivity (Wildman–Crippen MR) is 61.4 cm³/mol. The zero-order valence-corrected chi connectivity index (χ0v) is 9.21. The fourth-order valence-electron chi connectivity index (χ4n) is 2.28. The molecule has 16 heavy (non-hydrogen) atoms. The molecule has 0 spiro atoms. The third-order valence-corrected chi connectivity index (χ3v) is 3.15. The molecule has 84 valence electrons. The third kappa shape index (κ3) is 2.41. The van der Waals surface area contributed by atoms with Gasteiger partial charge in [0.25, 0.3) is 0 Å². The average Bonchev–Trinajstić information content (AvgIpc) is 2.73. The van der Waals surface area contributed by atoms with Crippen LogP contribution in [0.1, 0.15) is 12.0 Å². The van der Waals surface area contributed by atoms with Gasteiger partial charge in [-0.15, -0.1) is 0 Å². The highest BCUT2D eigenvalue weighted by atomic mass is 16.3. The first-order valence-electron chi connectivity index (χ1n) is 5.62. The quantitative estimate of drug-likeness (QED) is 0.830. The van der Waals surface area contributed by atoms with Crippen LogP contribution in [0.25, 0.3) is 0 Å². The normalized spacial score (nSPS) is 25.5. The molecule has 3 nitrogen and oxygen atoms in total. The van der Waals surface area contributed by atoms with Crippen molar-refractivity contribution in [3.05, 3.63) is 35.9 Å². The molecule has 0 aromatic heterocycles. The maximum Gasteiger partial charge on any atom is 0.0669 e. The Morgan fingerprint density at radius 2 is 2.12 bits per heavy atom. The highest BCUT2D eigenvalue weighted by Gasteiger charge is 2.31. The Morgan fingerprint density at radius 1 is 1.38 bits per heavy atom. The lowest BCUT2D eigenvalue weighted by atomic mass is 10.1. The minimum Gasteiger partial charge on any atom is -0.395 e. The van der Waals surface area contributed by atoms with Crippen LogP contribution in [0.5, 0.6) is 0 Å². The van der Waals surface area contributed by atoms with Gasteiger partial charge < -0.3 is 5.11 Å². The van der Waals surface area contributed by atoms with Gasteiger partial charge in [0, 0.05) is 19.1 Å². The standard InChI is InChI=1S/C13H16N2O/c14-7-12-6-13(10-16)15(9-12)8-11-4-2-1-3-5-11/h1-5,12-13,16H,6,8-10H2. The van der Waals surface area contributed by atoms with Gasteiger partial charge in [-0.2, -0.15) is 5.26 Å². The monoisotopic (exact) mass is 216 g/mol. The Bertz CT molecular complexity index is 371. The highest BCUT2D eigenvalue weighted by Crippen LogP contribution is 2.24. The number of hydrogen-bond acceptors (Lipinski definition) is 3. The van der Waals surface area contributed by atoms with Crippen LogP contribution < -0.4 is 0 Å². The summed E-state index contributed by atoms with van der Waals surface area (Å²) in [5.74, 6) is 0.0702. The molecule has 1 aromatic carbocycles. The molecule has 1 saturated heterocycles. The molecule has 3 heteroatoms. The van der Waals surface area contributed by atoms with Crippen LogP contribution in [-0.4, -0.2) is 29.2 Å². The van der Waals surface area contributed by atoms with Gasteiger partial charge in [-0.05, 0) is 12.0 Å². The summed E-state index contributed by atoms with van der Waals surface area (Å²) in [4.78, 5) is 2.20. The summed E-state index contributed by atoms with van der Waals surface area (Å²) in [5.41, 5.74) is 1.24. The van der Waals surface area contributed by atoms with Gasteiger partial charge in [-0.25, -0.2) is 0 Å².